The summed E-state index contributed by atoms with van der Waals surface area (Å²) in [5.41, 5.74) is -0.505. The Balaban J connectivity index is 1.53. The average molecular weight is 374 g/mol. The number of rotatable bonds is 0. The third-order valence-corrected chi connectivity index (χ3v) is 7.68. The van der Waals surface area contributed by atoms with E-state index in [-0.39, 0.29) is 46.4 Å². The van der Waals surface area contributed by atoms with Crippen molar-refractivity contribution < 1.29 is 24.1 Å². The maximum atomic E-state index is 12.4. The molecule has 27 heavy (non-hydrogen) atoms. The molecule has 0 radical (unpaired) electrons. The second kappa shape index (κ2) is 5.38. The molecule has 0 bridgehead atoms. The molecular formula is C22H30O5. The number of ketones is 1. The fourth-order valence-corrected chi connectivity index (χ4v) is 5.86. The van der Waals surface area contributed by atoms with Crippen molar-refractivity contribution in [1.82, 2.24) is 0 Å². The number of allylic oxidation sites excluding steroid dienone is 2. The Morgan fingerprint density at radius 3 is 2.74 bits per heavy atom. The number of ether oxygens (including phenoxy) is 3. The minimum atomic E-state index is -0.498. The van der Waals surface area contributed by atoms with E-state index in [1.807, 2.05) is 0 Å². The zero-order valence-corrected chi connectivity index (χ0v) is 16.7. The van der Waals surface area contributed by atoms with E-state index in [1.54, 1.807) is 0 Å². The van der Waals surface area contributed by atoms with Gasteiger partial charge in [-0.3, -0.25) is 4.79 Å². The zero-order chi connectivity index (χ0) is 19.2. The number of aliphatic hydroxyl groups excluding tert-OH is 1. The van der Waals surface area contributed by atoms with Gasteiger partial charge in [0.25, 0.3) is 0 Å². The lowest BCUT2D eigenvalue weighted by Gasteiger charge is -2.47. The van der Waals surface area contributed by atoms with E-state index in [2.05, 4.69) is 39.8 Å². The minimum Gasteiger partial charge on any atom is -0.502 e. The molecule has 2 unspecified atom stereocenters. The van der Waals surface area contributed by atoms with Crippen LogP contribution in [0.25, 0.3) is 0 Å². The fraction of sp³-hybridized carbons (Fsp3) is 0.773. The lowest BCUT2D eigenvalue weighted by Crippen LogP contribution is -2.51. The Bertz CT molecular complexity index is 752. The number of epoxide rings is 1. The topological polar surface area (TPSA) is 68.3 Å². The van der Waals surface area contributed by atoms with E-state index in [0.29, 0.717) is 18.5 Å². The lowest BCUT2D eigenvalue weighted by molar-refractivity contribution is -0.140. The lowest BCUT2D eigenvalue weighted by atomic mass is 9.70. The van der Waals surface area contributed by atoms with Gasteiger partial charge in [0.05, 0.1) is 36.3 Å². The smallest absolute Gasteiger partial charge is 0.206 e. The molecule has 3 fully saturated rings. The van der Waals surface area contributed by atoms with Crippen molar-refractivity contribution in [3.63, 3.8) is 0 Å². The van der Waals surface area contributed by atoms with Gasteiger partial charge < -0.3 is 19.3 Å². The van der Waals surface area contributed by atoms with Crippen molar-refractivity contribution in [2.75, 3.05) is 6.61 Å². The van der Waals surface area contributed by atoms with Gasteiger partial charge in [0.1, 0.15) is 11.4 Å². The van der Waals surface area contributed by atoms with Gasteiger partial charge in [0.15, 0.2) is 5.76 Å². The van der Waals surface area contributed by atoms with Crippen LogP contribution in [0.15, 0.2) is 23.7 Å². The highest BCUT2D eigenvalue weighted by Crippen LogP contribution is 2.56. The van der Waals surface area contributed by atoms with Gasteiger partial charge in [-0.15, -0.1) is 0 Å². The third kappa shape index (κ3) is 2.54. The van der Waals surface area contributed by atoms with Gasteiger partial charge in [0, 0.05) is 12.3 Å². The molecule has 3 heterocycles. The van der Waals surface area contributed by atoms with Crippen molar-refractivity contribution in [2.24, 2.45) is 23.2 Å². The Kier molecular flexibility index (Phi) is 3.54. The van der Waals surface area contributed by atoms with Crippen LogP contribution in [-0.4, -0.2) is 40.9 Å². The van der Waals surface area contributed by atoms with Gasteiger partial charge in [-0.05, 0) is 38.5 Å². The molecule has 0 aromatic heterocycles. The van der Waals surface area contributed by atoms with Crippen molar-refractivity contribution in [3.05, 3.63) is 23.7 Å². The molecule has 2 aliphatic carbocycles. The molecule has 0 spiro atoms. The maximum Gasteiger partial charge on any atom is 0.206 e. The molecule has 7 atom stereocenters. The van der Waals surface area contributed by atoms with E-state index in [1.165, 1.54) is 0 Å². The zero-order valence-electron chi connectivity index (χ0n) is 16.7. The van der Waals surface area contributed by atoms with Crippen molar-refractivity contribution in [2.45, 2.75) is 76.8 Å². The highest BCUT2D eigenvalue weighted by molar-refractivity contribution is 5.99. The SMILES string of the molecule is CC1(C)/C=C/C[C@@]2(C)OC3=C(O)C(=O)[C@@H]4CO[C@@H]([C@H]34)[C@H]2CCC2(C)OC2C1. The summed E-state index contributed by atoms with van der Waals surface area (Å²) in [6.45, 7) is 9.20. The molecule has 5 rings (SSSR count). The van der Waals surface area contributed by atoms with Crippen LogP contribution in [0, 0.1) is 23.2 Å². The Morgan fingerprint density at radius 1 is 1.19 bits per heavy atom. The molecule has 148 valence electrons. The first kappa shape index (κ1) is 17.7. The third-order valence-electron chi connectivity index (χ3n) is 7.68. The summed E-state index contributed by atoms with van der Waals surface area (Å²) in [5, 5.41) is 10.4. The van der Waals surface area contributed by atoms with Gasteiger partial charge in [-0.25, -0.2) is 0 Å². The second-order valence-electron chi connectivity index (χ2n) is 10.3. The monoisotopic (exact) mass is 374 g/mol. The van der Waals surface area contributed by atoms with Crippen LogP contribution < -0.4 is 0 Å². The molecule has 0 aromatic rings. The summed E-state index contributed by atoms with van der Waals surface area (Å²) in [5.74, 6) is -0.138. The van der Waals surface area contributed by atoms with Gasteiger partial charge >= 0.3 is 0 Å². The number of hydrogen-bond acceptors (Lipinski definition) is 5. The van der Waals surface area contributed by atoms with Crippen LogP contribution in [0.5, 0.6) is 0 Å². The first-order valence-electron chi connectivity index (χ1n) is 10.3. The molecule has 1 N–H and O–H groups in total. The number of aliphatic hydroxyl groups is 1. The molecular weight excluding hydrogens is 344 g/mol. The first-order valence-corrected chi connectivity index (χ1v) is 10.3. The van der Waals surface area contributed by atoms with E-state index < -0.39 is 5.60 Å². The largest absolute Gasteiger partial charge is 0.502 e. The number of fused-ring (bicyclic) bond motifs is 3. The van der Waals surface area contributed by atoms with E-state index >= 15 is 0 Å². The first-order chi connectivity index (χ1) is 12.6. The number of hydrogen-bond donors (Lipinski definition) is 1. The summed E-state index contributed by atoms with van der Waals surface area (Å²) in [6.07, 6.45) is 8.38. The highest BCUT2D eigenvalue weighted by Gasteiger charge is 2.63. The molecule has 3 saturated heterocycles. The predicted octanol–water partition coefficient (Wildman–Crippen LogP) is 3.69. The predicted molar refractivity (Wildman–Crippen MR) is 99.0 cm³/mol. The Labute approximate surface area is 160 Å². The van der Waals surface area contributed by atoms with Crippen LogP contribution in [0.1, 0.15) is 53.4 Å². The van der Waals surface area contributed by atoms with Gasteiger partial charge in [0.2, 0.25) is 5.78 Å². The van der Waals surface area contributed by atoms with Crippen molar-refractivity contribution >= 4 is 5.78 Å². The summed E-state index contributed by atoms with van der Waals surface area (Å²) < 4.78 is 18.7. The molecule has 0 saturated carbocycles. The van der Waals surface area contributed by atoms with Crippen LogP contribution in [0.3, 0.4) is 0 Å². The summed E-state index contributed by atoms with van der Waals surface area (Å²) >= 11 is 0. The van der Waals surface area contributed by atoms with Gasteiger partial charge in [-0.2, -0.15) is 0 Å². The molecule has 5 heteroatoms. The number of carbonyl (C=O) groups is 1. The molecule has 5 aliphatic rings. The molecule has 3 aliphatic heterocycles. The summed E-state index contributed by atoms with van der Waals surface area (Å²) in [4.78, 5) is 12.4. The molecule has 5 nitrogen and oxygen atoms in total. The van der Waals surface area contributed by atoms with Crippen LogP contribution >= 0.6 is 0 Å². The number of carbonyl (C=O) groups excluding carboxylic acids is 1. The summed E-state index contributed by atoms with van der Waals surface area (Å²) in [7, 11) is 0. The Morgan fingerprint density at radius 2 is 1.96 bits per heavy atom. The van der Waals surface area contributed by atoms with Crippen LogP contribution in [0.4, 0.5) is 0 Å². The van der Waals surface area contributed by atoms with E-state index in [4.69, 9.17) is 14.2 Å². The van der Waals surface area contributed by atoms with Gasteiger partial charge in [-0.1, -0.05) is 26.0 Å². The maximum absolute atomic E-state index is 12.4. The minimum absolute atomic E-state index is 0.0650. The Hall–Kier alpha value is -1.33. The van der Waals surface area contributed by atoms with Crippen LogP contribution in [0.2, 0.25) is 0 Å². The van der Waals surface area contributed by atoms with Crippen LogP contribution in [-0.2, 0) is 19.0 Å². The molecule has 0 aromatic carbocycles. The summed E-state index contributed by atoms with van der Waals surface area (Å²) in [6, 6.07) is 0. The standard InChI is InChI=1S/C22H30O5/c1-20(2)7-5-8-21(3)13(6-9-22(4)14(10-20)26-22)18-15-12(11-25-18)16(23)17(24)19(15)27-21/h5,7,12-15,18,24H,6,8-11H2,1-4H3/b7-5+/t12-,13-,14?,15-,18-,21-,22?/m1/s1. The average Bonchev–Trinajstić information content (AvgIpc) is 2.92. The number of Topliss-reactive ketones (excluding diaryl/α,β-unsaturated/α-hetero) is 1. The van der Waals surface area contributed by atoms with E-state index in [0.717, 1.165) is 25.7 Å². The fourth-order valence-electron chi connectivity index (χ4n) is 5.86. The quantitative estimate of drug-likeness (QED) is 0.517. The van der Waals surface area contributed by atoms with E-state index in [9.17, 15) is 9.90 Å². The van der Waals surface area contributed by atoms with Crippen molar-refractivity contribution in [1.29, 1.82) is 0 Å². The van der Waals surface area contributed by atoms with Crippen molar-refractivity contribution in [3.8, 4) is 0 Å². The second-order valence-corrected chi connectivity index (χ2v) is 10.3. The normalized spacial score (nSPS) is 51.6. The molecule has 0 amide bonds. The highest BCUT2D eigenvalue weighted by atomic mass is 16.6.